The Bertz CT molecular complexity index is 715. The molecular formula is C14H17N5O. The van der Waals surface area contributed by atoms with Crippen molar-refractivity contribution in [3.05, 3.63) is 35.7 Å². The normalized spacial score (nSPS) is 11.1. The molecule has 1 aromatic carbocycles. The van der Waals surface area contributed by atoms with E-state index in [1.165, 1.54) is 5.56 Å². The van der Waals surface area contributed by atoms with Crippen LogP contribution in [0.1, 0.15) is 17.7 Å². The molecule has 0 atom stereocenters. The number of rotatable bonds is 5. The van der Waals surface area contributed by atoms with Crippen molar-refractivity contribution in [2.75, 3.05) is 17.6 Å². The van der Waals surface area contributed by atoms with E-state index in [0.717, 1.165) is 25.1 Å². The summed E-state index contributed by atoms with van der Waals surface area (Å²) in [6.07, 6.45) is 3.82. The lowest BCUT2D eigenvalue weighted by molar-refractivity contribution is 0.612. The Balaban J connectivity index is 1.57. The van der Waals surface area contributed by atoms with Gasteiger partial charge < -0.3 is 15.5 Å². The van der Waals surface area contributed by atoms with Gasteiger partial charge in [-0.2, -0.15) is 10.1 Å². The van der Waals surface area contributed by atoms with Gasteiger partial charge in [-0.1, -0.05) is 6.07 Å². The lowest BCUT2D eigenvalue weighted by atomic mass is 10.1. The van der Waals surface area contributed by atoms with Crippen molar-refractivity contribution >= 4 is 22.8 Å². The van der Waals surface area contributed by atoms with Crippen LogP contribution in [0.15, 0.2) is 28.8 Å². The predicted octanol–water partition coefficient (Wildman–Crippen LogP) is 2.49. The van der Waals surface area contributed by atoms with Crippen molar-refractivity contribution in [1.82, 2.24) is 15.2 Å². The van der Waals surface area contributed by atoms with Gasteiger partial charge in [0.05, 0.1) is 11.9 Å². The summed E-state index contributed by atoms with van der Waals surface area (Å²) in [4.78, 5) is 4.34. The second kappa shape index (κ2) is 5.24. The van der Waals surface area contributed by atoms with Crippen LogP contribution in [0.2, 0.25) is 0 Å². The Labute approximate surface area is 116 Å². The third kappa shape index (κ3) is 2.45. The molecule has 0 radical (unpaired) electrons. The molecule has 2 aromatic heterocycles. The summed E-state index contributed by atoms with van der Waals surface area (Å²) in [5.41, 5.74) is 10.3. The van der Waals surface area contributed by atoms with Gasteiger partial charge in [0.15, 0.2) is 5.58 Å². The van der Waals surface area contributed by atoms with Gasteiger partial charge in [-0.15, -0.1) is 0 Å². The Kier molecular flexibility index (Phi) is 3.28. The maximum Gasteiger partial charge on any atom is 0.295 e. The van der Waals surface area contributed by atoms with Gasteiger partial charge in [-0.3, -0.25) is 5.10 Å². The number of aryl methyl sites for hydroxylation is 2. The highest BCUT2D eigenvalue weighted by atomic mass is 16.4. The first-order valence-corrected chi connectivity index (χ1v) is 6.62. The van der Waals surface area contributed by atoms with Crippen LogP contribution < -0.4 is 11.1 Å². The third-order valence-corrected chi connectivity index (χ3v) is 3.28. The first-order chi connectivity index (χ1) is 9.74. The van der Waals surface area contributed by atoms with Crippen molar-refractivity contribution in [2.24, 2.45) is 0 Å². The molecule has 6 heteroatoms. The van der Waals surface area contributed by atoms with E-state index in [-0.39, 0.29) is 0 Å². The second-order valence-electron chi connectivity index (χ2n) is 4.76. The molecule has 6 nitrogen and oxygen atoms in total. The number of nitrogens with two attached hydrogens (primary N) is 1. The number of hydrogen-bond acceptors (Lipinski definition) is 5. The van der Waals surface area contributed by atoms with Gasteiger partial charge in [0.1, 0.15) is 5.52 Å². The molecule has 0 aliphatic heterocycles. The highest BCUT2D eigenvalue weighted by Crippen LogP contribution is 2.23. The number of nitrogens with zero attached hydrogens (tertiary/aromatic N) is 2. The summed E-state index contributed by atoms with van der Waals surface area (Å²) in [5, 5.41) is 10.1. The van der Waals surface area contributed by atoms with E-state index >= 15 is 0 Å². The summed E-state index contributed by atoms with van der Waals surface area (Å²) >= 11 is 0. The van der Waals surface area contributed by atoms with E-state index in [4.69, 9.17) is 10.2 Å². The first kappa shape index (κ1) is 12.5. The third-order valence-electron chi connectivity index (χ3n) is 3.28. The molecular weight excluding hydrogens is 254 g/mol. The molecule has 3 rings (SSSR count). The number of para-hydroxylation sites is 1. The molecule has 0 unspecified atom stereocenters. The number of H-pyrrole nitrogens is 1. The molecule has 0 saturated carbocycles. The minimum absolute atomic E-state index is 0.516. The van der Waals surface area contributed by atoms with Crippen molar-refractivity contribution in [2.45, 2.75) is 19.8 Å². The smallest absolute Gasteiger partial charge is 0.295 e. The molecule has 0 fully saturated rings. The zero-order valence-corrected chi connectivity index (χ0v) is 11.3. The van der Waals surface area contributed by atoms with Crippen LogP contribution in [0.4, 0.5) is 11.7 Å². The Morgan fingerprint density at radius 1 is 1.40 bits per heavy atom. The summed E-state index contributed by atoms with van der Waals surface area (Å²) in [5.74, 6) is 0. The largest absolute Gasteiger partial charge is 0.423 e. The van der Waals surface area contributed by atoms with Crippen LogP contribution in [0.25, 0.3) is 11.1 Å². The number of fused-ring (bicyclic) bond motifs is 1. The summed E-state index contributed by atoms with van der Waals surface area (Å²) < 4.78 is 5.59. The van der Waals surface area contributed by atoms with Crippen molar-refractivity contribution < 1.29 is 4.42 Å². The number of hydrogen-bond donors (Lipinski definition) is 3. The first-order valence-electron chi connectivity index (χ1n) is 6.62. The molecule has 0 spiro atoms. The van der Waals surface area contributed by atoms with Gasteiger partial charge in [-0.25, -0.2) is 0 Å². The monoisotopic (exact) mass is 271 g/mol. The molecule has 3 aromatic rings. The number of anilines is 2. The van der Waals surface area contributed by atoms with Crippen LogP contribution in [0.5, 0.6) is 0 Å². The van der Waals surface area contributed by atoms with Crippen molar-refractivity contribution in [3.8, 4) is 0 Å². The highest BCUT2D eigenvalue weighted by molar-refractivity contribution is 5.86. The standard InChI is InChI=1S/C14H17N5O/c1-9-10(8-17-19-9)4-3-7-16-14-18-13-11(15)5-2-6-12(13)20-14/h2,5-6,8H,3-4,7,15H2,1H3,(H,16,18)(H,17,19). The minimum Gasteiger partial charge on any atom is -0.423 e. The van der Waals surface area contributed by atoms with Crippen LogP contribution >= 0.6 is 0 Å². The lowest BCUT2D eigenvalue weighted by Crippen LogP contribution is -2.03. The average Bonchev–Trinajstić information content (AvgIpc) is 3.02. The number of aromatic amines is 1. The summed E-state index contributed by atoms with van der Waals surface area (Å²) in [7, 11) is 0. The Hall–Kier alpha value is -2.50. The van der Waals surface area contributed by atoms with E-state index in [2.05, 4.69) is 20.5 Å². The SMILES string of the molecule is Cc1[nH]ncc1CCCNc1nc2c(N)cccc2o1. The fraction of sp³-hybridized carbons (Fsp3) is 0.286. The van der Waals surface area contributed by atoms with Gasteiger partial charge in [-0.05, 0) is 37.5 Å². The Morgan fingerprint density at radius 3 is 3.05 bits per heavy atom. The maximum atomic E-state index is 5.84. The van der Waals surface area contributed by atoms with Gasteiger partial charge in [0.2, 0.25) is 0 Å². The predicted molar refractivity (Wildman–Crippen MR) is 78.6 cm³/mol. The fourth-order valence-electron chi connectivity index (χ4n) is 2.15. The number of oxazole rings is 1. The van der Waals surface area contributed by atoms with Gasteiger partial charge >= 0.3 is 0 Å². The molecule has 0 aliphatic carbocycles. The molecule has 4 N–H and O–H groups in total. The van der Waals surface area contributed by atoms with Crippen LogP contribution in [-0.2, 0) is 6.42 Å². The average molecular weight is 271 g/mol. The van der Waals surface area contributed by atoms with Crippen LogP contribution in [0, 0.1) is 6.92 Å². The zero-order chi connectivity index (χ0) is 13.9. The molecule has 2 heterocycles. The topological polar surface area (TPSA) is 92.8 Å². The zero-order valence-electron chi connectivity index (χ0n) is 11.3. The molecule has 0 amide bonds. The number of nitrogens with one attached hydrogen (secondary N) is 2. The quantitative estimate of drug-likeness (QED) is 0.489. The molecule has 20 heavy (non-hydrogen) atoms. The summed E-state index contributed by atoms with van der Waals surface area (Å²) in [6, 6.07) is 6.05. The maximum absolute atomic E-state index is 5.84. The molecule has 0 saturated heterocycles. The highest BCUT2D eigenvalue weighted by Gasteiger charge is 2.07. The van der Waals surface area contributed by atoms with Gasteiger partial charge in [0, 0.05) is 12.2 Å². The number of aromatic nitrogens is 3. The van der Waals surface area contributed by atoms with Crippen LogP contribution in [-0.4, -0.2) is 21.7 Å². The second-order valence-corrected chi connectivity index (χ2v) is 4.76. The van der Waals surface area contributed by atoms with Gasteiger partial charge in [0.25, 0.3) is 6.01 Å². The van der Waals surface area contributed by atoms with Crippen molar-refractivity contribution in [3.63, 3.8) is 0 Å². The van der Waals surface area contributed by atoms with E-state index in [1.807, 2.05) is 31.3 Å². The fourth-order valence-corrected chi connectivity index (χ4v) is 2.15. The summed E-state index contributed by atoms with van der Waals surface area (Å²) in [6.45, 7) is 2.82. The van der Waals surface area contributed by atoms with Crippen LogP contribution in [0.3, 0.4) is 0 Å². The number of nitrogen functional groups attached to an aromatic ring is 1. The minimum atomic E-state index is 0.516. The lowest BCUT2D eigenvalue weighted by Gasteiger charge is -2.01. The Morgan fingerprint density at radius 2 is 2.30 bits per heavy atom. The number of benzene rings is 1. The van der Waals surface area contributed by atoms with E-state index in [9.17, 15) is 0 Å². The van der Waals surface area contributed by atoms with Crippen molar-refractivity contribution in [1.29, 1.82) is 0 Å². The van der Waals surface area contributed by atoms with E-state index < -0.39 is 0 Å². The molecule has 104 valence electrons. The van der Waals surface area contributed by atoms with E-state index in [0.29, 0.717) is 22.8 Å². The molecule has 0 aliphatic rings. The molecule has 0 bridgehead atoms. The van der Waals surface area contributed by atoms with E-state index in [1.54, 1.807) is 0 Å².